The van der Waals surface area contributed by atoms with E-state index in [9.17, 15) is 18.4 Å². The molecule has 0 aliphatic carbocycles. The molecule has 36 heavy (non-hydrogen) atoms. The van der Waals surface area contributed by atoms with Gasteiger partial charge in [-0.25, -0.2) is 18.4 Å². The number of amides is 1. The maximum absolute atomic E-state index is 14.1. The zero-order valence-corrected chi connectivity index (χ0v) is 22.0. The van der Waals surface area contributed by atoms with E-state index in [0.29, 0.717) is 16.0 Å². The molecule has 0 radical (unpaired) electrons. The smallest absolute Gasteiger partial charge is 0.488 e. The van der Waals surface area contributed by atoms with Crippen LogP contribution in [0.25, 0.3) is 0 Å². The summed E-state index contributed by atoms with van der Waals surface area (Å²) in [7, 11) is 0. The number of carbonyl (C=O) groups is 2. The molecule has 12 heteroatoms. The number of aromatic amines is 1. The quantitative estimate of drug-likeness (QED) is 0.312. The van der Waals surface area contributed by atoms with Gasteiger partial charge in [0.15, 0.2) is 16.3 Å². The fraction of sp³-hybridized carbons (Fsp3) is 0.542. The number of rotatable bonds is 4. The van der Waals surface area contributed by atoms with Crippen molar-refractivity contribution in [1.82, 2.24) is 14.6 Å². The van der Waals surface area contributed by atoms with Crippen LogP contribution in [0, 0.1) is 16.4 Å². The third-order valence-corrected chi connectivity index (χ3v) is 5.27. The normalized spacial score (nSPS) is 15.5. The number of nitrogens with one attached hydrogen (secondary N) is 1. The molecule has 0 saturated heterocycles. The third-order valence-electron chi connectivity index (χ3n) is 4.96. The summed E-state index contributed by atoms with van der Waals surface area (Å²) in [5.74, 6) is -1.42. The number of imidazole rings is 1. The Morgan fingerprint density at radius 2 is 1.83 bits per heavy atom. The number of hydrogen-bond acceptors (Lipinski definition) is 7. The molecule has 1 amide bonds. The van der Waals surface area contributed by atoms with E-state index in [1.54, 1.807) is 52.3 Å². The zero-order chi connectivity index (χ0) is 26.8. The molecule has 0 spiro atoms. The minimum absolute atomic E-state index is 0.0260. The average molecular weight is 528 g/mol. The number of H-pyrrole nitrogens is 1. The molecule has 0 bridgehead atoms. The van der Waals surface area contributed by atoms with E-state index in [2.05, 4.69) is 4.98 Å². The van der Waals surface area contributed by atoms with Gasteiger partial charge in [-0.15, -0.1) is 5.06 Å². The summed E-state index contributed by atoms with van der Waals surface area (Å²) in [5, 5.41) is 0.789. The molecule has 3 rings (SSSR count). The number of aromatic nitrogens is 2. The molecule has 0 unspecified atom stereocenters. The topological polar surface area (TPSA) is 95.0 Å². The van der Waals surface area contributed by atoms with Gasteiger partial charge in [-0.1, -0.05) is 0 Å². The van der Waals surface area contributed by atoms with Crippen molar-refractivity contribution in [3.05, 3.63) is 46.0 Å². The van der Waals surface area contributed by atoms with Gasteiger partial charge in [0, 0.05) is 36.4 Å². The summed E-state index contributed by atoms with van der Waals surface area (Å²) in [6.07, 6.45) is 0.226. The van der Waals surface area contributed by atoms with E-state index in [4.69, 9.17) is 31.3 Å². The van der Waals surface area contributed by atoms with Crippen LogP contribution in [0.1, 0.15) is 58.8 Å². The first kappa shape index (κ1) is 27.4. The molecule has 0 saturated carbocycles. The lowest BCUT2D eigenvalue weighted by molar-refractivity contribution is -0.135. The number of hydrogen-bond donors (Lipinski definition) is 1. The molecule has 1 aromatic heterocycles. The molecule has 2 aromatic rings. The van der Waals surface area contributed by atoms with E-state index >= 15 is 0 Å². The van der Waals surface area contributed by atoms with E-state index < -0.39 is 35.1 Å². The van der Waals surface area contributed by atoms with Crippen molar-refractivity contribution >= 4 is 24.5 Å². The summed E-state index contributed by atoms with van der Waals surface area (Å²) in [4.78, 5) is 33.1. The Hall–Kier alpha value is -3.15. The standard InChI is InChI=1S/C24H31F2N3O6S/c1-23(2,3)33-21(30)28(35-22(31)34-24(4,5)6)8-7-16-12-27-20(36)29(16)17-10-14-9-15(25)11-18(26)19(14)32-13-17/h9,11-12,17H,7-8,10,13H2,1-6H3,(H,27,36)/t17-/m1/s1. The van der Waals surface area contributed by atoms with Crippen LogP contribution in [-0.4, -0.2) is 51.2 Å². The highest BCUT2D eigenvalue weighted by molar-refractivity contribution is 7.71. The van der Waals surface area contributed by atoms with Crippen LogP contribution in [0.3, 0.4) is 0 Å². The lowest BCUT2D eigenvalue weighted by atomic mass is 10.0. The van der Waals surface area contributed by atoms with Gasteiger partial charge in [-0.2, -0.15) is 0 Å². The Labute approximate surface area is 213 Å². The fourth-order valence-corrected chi connectivity index (χ4v) is 3.98. The summed E-state index contributed by atoms with van der Waals surface area (Å²) >= 11 is 5.43. The average Bonchev–Trinajstić information content (AvgIpc) is 3.08. The van der Waals surface area contributed by atoms with E-state index in [1.165, 1.54) is 6.07 Å². The zero-order valence-electron chi connectivity index (χ0n) is 21.1. The minimum Gasteiger partial charge on any atom is -0.488 e. The number of ether oxygens (including phenoxy) is 3. The van der Waals surface area contributed by atoms with Gasteiger partial charge in [0.2, 0.25) is 0 Å². The van der Waals surface area contributed by atoms with Crippen molar-refractivity contribution < 1.29 is 37.4 Å². The Morgan fingerprint density at radius 1 is 1.17 bits per heavy atom. The lowest BCUT2D eigenvalue weighted by Crippen LogP contribution is -2.41. The van der Waals surface area contributed by atoms with Crippen molar-refractivity contribution in [2.75, 3.05) is 13.2 Å². The SMILES string of the molecule is CC(C)(C)OC(=O)ON(CCc1c[nH]c(=S)n1[C@H]1COc2c(F)cc(F)cc2C1)C(=O)OC(C)(C)C. The number of hydroxylamine groups is 2. The Kier molecular flexibility index (Phi) is 7.97. The first-order valence-electron chi connectivity index (χ1n) is 11.4. The molecule has 1 aromatic carbocycles. The largest absolute Gasteiger partial charge is 0.534 e. The maximum atomic E-state index is 14.1. The van der Waals surface area contributed by atoms with E-state index in [0.717, 1.165) is 11.1 Å². The van der Waals surface area contributed by atoms with Gasteiger partial charge in [-0.05, 0) is 59.8 Å². The first-order chi connectivity index (χ1) is 16.6. The van der Waals surface area contributed by atoms with Gasteiger partial charge >= 0.3 is 12.2 Å². The molecular weight excluding hydrogens is 496 g/mol. The number of halogens is 2. The minimum atomic E-state index is -1.05. The van der Waals surface area contributed by atoms with Crippen LogP contribution in [0.4, 0.5) is 18.4 Å². The van der Waals surface area contributed by atoms with Crippen molar-refractivity contribution in [1.29, 1.82) is 0 Å². The molecule has 0 fully saturated rings. The van der Waals surface area contributed by atoms with Crippen molar-refractivity contribution in [3.63, 3.8) is 0 Å². The Balaban J connectivity index is 1.79. The van der Waals surface area contributed by atoms with Gasteiger partial charge in [-0.3, -0.25) is 0 Å². The van der Waals surface area contributed by atoms with E-state index in [1.807, 2.05) is 0 Å². The summed E-state index contributed by atoms with van der Waals surface area (Å²) in [6, 6.07) is 1.66. The van der Waals surface area contributed by atoms with E-state index in [-0.39, 0.29) is 37.8 Å². The Morgan fingerprint density at radius 3 is 2.47 bits per heavy atom. The highest BCUT2D eigenvalue weighted by Crippen LogP contribution is 2.33. The predicted molar refractivity (Wildman–Crippen MR) is 128 cm³/mol. The summed E-state index contributed by atoms with van der Waals surface area (Å²) in [6.45, 7) is 10.1. The highest BCUT2D eigenvalue weighted by atomic mass is 32.1. The number of nitrogens with zero attached hydrogens (tertiary/aromatic N) is 2. The second-order valence-corrected chi connectivity index (χ2v) is 10.8. The highest BCUT2D eigenvalue weighted by Gasteiger charge is 2.30. The number of fused-ring (bicyclic) bond motifs is 1. The molecule has 1 aliphatic rings. The monoisotopic (exact) mass is 527 g/mol. The molecular formula is C24H31F2N3O6S. The summed E-state index contributed by atoms with van der Waals surface area (Å²) in [5.41, 5.74) is -0.601. The second-order valence-electron chi connectivity index (χ2n) is 10.4. The van der Waals surface area contributed by atoms with Crippen LogP contribution in [0.15, 0.2) is 18.3 Å². The maximum Gasteiger partial charge on any atom is 0.534 e. The molecule has 2 heterocycles. The van der Waals surface area contributed by atoms with Crippen LogP contribution < -0.4 is 4.74 Å². The van der Waals surface area contributed by atoms with Gasteiger partial charge in [0.1, 0.15) is 23.6 Å². The summed E-state index contributed by atoms with van der Waals surface area (Å²) < 4.78 is 46.1. The van der Waals surface area contributed by atoms with Crippen molar-refractivity contribution in [2.24, 2.45) is 0 Å². The van der Waals surface area contributed by atoms with Crippen molar-refractivity contribution in [3.8, 4) is 5.75 Å². The van der Waals surface area contributed by atoms with Gasteiger partial charge in [0.25, 0.3) is 0 Å². The molecule has 1 atom stereocenters. The number of benzene rings is 1. The predicted octanol–water partition coefficient (Wildman–Crippen LogP) is 5.65. The first-order valence-corrected chi connectivity index (χ1v) is 11.8. The van der Waals surface area contributed by atoms with Crippen LogP contribution in [0.5, 0.6) is 5.75 Å². The van der Waals surface area contributed by atoms with Crippen LogP contribution in [-0.2, 0) is 27.2 Å². The third kappa shape index (κ3) is 7.19. The van der Waals surface area contributed by atoms with Crippen LogP contribution >= 0.6 is 12.2 Å². The Bertz CT molecular complexity index is 1180. The number of carbonyl (C=O) groups excluding carboxylic acids is 2. The lowest BCUT2D eigenvalue weighted by Gasteiger charge is -2.29. The van der Waals surface area contributed by atoms with Crippen molar-refractivity contribution in [2.45, 2.75) is 71.6 Å². The second kappa shape index (κ2) is 10.5. The molecule has 1 aliphatic heterocycles. The van der Waals surface area contributed by atoms with Gasteiger partial charge in [0.05, 0.1) is 12.6 Å². The molecule has 198 valence electrons. The van der Waals surface area contributed by atoms with Crippen LogP contribution in [0.2, 0.25) is 0 Å². The molecule has 9 nitrogen and oxygen atoms in total. The fourth-order valence-electron chi connectivity index (χ4n) is 3.65. The molecule has 1 N–H and O–H groups in total. The van der Waals surface area contributed by atoms with Gasteiger partial charge < -0.3 is 28.6 Å².